The number of carbonyl (C=O) groups is 2. The minimum atomic E-state index is -4.61. The predicted octanol–water partition coefficient (Wildman–Crippen LogP) is 6.66. The van der Waals surface area contributed by atoms with Gasteiger partial charge >= 0.3 is 6.18 Å². The van der Waals surface area contributed by atoms with Gasteiger partial charge in [-0.15, -0.1) is 0 Å². The van der Waals surface area contributed by atoms with Crippen molar-refractivity contribution in [2.75, 3.05) is 10.2 Å². The van der Waals surface area contributed by atoms with Gasteiger partial charge in [0.15, 0.2) is 0 Å². The van der Waals surface area contributed by atoms with E-state index in [-0.39, 0.29) is 16.3 Å². The van der Waals surface area contributed by atoms with E-state index in [2.05, 4.69) is 5.32 Å². The molecule has 3 aromatic rings. The molecule has 0 atom stereocenters. The largest absolute Gasteiger partial charge is 0.416 e. The number of anilines is 2. The lowest BCUT2D eigenvalue weighted by molar-refractivity contribution is -0.137. The van der Waals surface area contributed by atoms with Crippen molar-refractivity contribution in [1.82, 2.24) is 0 Å². The van der Waals surface area contributed by atoms with Crippen molar-refractivity contribution in [3.05, 3.63) is 99.5 Å². The molecule has 3 aromatic carbocycles. The van der Waals surface area contributed by atoms with Crippen LogP contribution in [0.25, 0.3) is 0 Å². The van der Waals surface area contributed by atoms with Gasteiger partial charge in [0.2, 0.25) is 0 Å². The van der Waals surface area contributed by atoms with Crippen molar-refractivity contribution >= 4 is 46.6 Å². The van der Waals surface area contributed by atoms with E-state index in [1.54, 1.807) is 42.5 Å². The Balaban J connectivity index is 1.76. The van der Waals surface area contributed by atoms with Crippen molar-refractivity contribution in [3.8, 4) is 0 Å². The average molecular weight is 489 g/mol. The van der Waals surface area contributed by atoms with Crippen molar-refractivity contribution in [2.24, 2.45) is 0 Å². The summed E-state index contributed by atoms with van der Waals surface area (Å²) in [6.45, 7) is 1.87. The number of hydrogen-bond acceptors (Lipinski definition) is 4. The third-order valence-electron chi connectivity index (χ3n) is 4.79. The number of carbonyl (C=O) groups excluding carboxylic acids is 2. The second-order valence-electron chi connectivity index (χ2n) is 7.25. The summed E-state index contributed by atoms with van der Waals surface area (Å²) < 4.78 is 39.7. The zero-order valence-corrected chi connectivity index (χ0v) is 18.7. The van der Waals surface area contributed by atoms with Gasteiger partial charge < -0.3 is 5.32 Å². The summed E-state index contributed by atoms with van der Waals surface area (Å²) in [6, 6.07) is 18.0. The first-order valence-electron chi connectivity index (χ1n) is 9.71. The SMILES string of the molecule is Cc1cccc(NC2=C(Sc3ccc(Cl)cc3)C(=O)N(c3cccc(C(F)(F)F)c3)C2=O)c1. The van der Waals surface area contributed by atoms with E-state index in [1.165, 1.54) is 6.07 Å². The number of thioether (sulfide) groups is 1. The molecule has 1 aliphatic rings. The number of rotatable bonds is 5. The van der Waals surface area contributed by atoms with Crippen LogP contribution in [0.15, 0.2) is 88.3 Å². The van der Waals surface area contributed by atoms with Crippen LogP contribution in [0.2, 0.25) is 5.02 Å². The Hall–Kier alpha value is -3.23. The van der Waals surface area contributed by atoms with Gasteiger partial charge in [0.25, 0.3) is 11.8 Å². The molecule has 1 aliphatic heterocycles. The lowest BCUT2D eigenvalue weighted by Crippen LogP contribution is -2.32. The Labute approximate surface area is 197 Å². The van der Waals surface area contributed by atoms with Gasteiger partial charge in [-0.3, -0.25) is 9.59 Å². The Morgan fingerprint density at radius 2 is 1.61 bits per heavy atom. The number of alkyl halides is 3. The highest BCUT2D eigenvalue weighted by molar-refractivity contribution is 8.04. The fourth-order valence-electron chi connectivity index (χ4n) is 3.26. The fourth-order valence-corrected chi connectivity index (χ4v) is 4.31. The van der Waals surface area contributed by atoms with Crippen LogP contribution >= 0.6 is 23.4 Å². The van der Waals surface area contributed by atoms with E-state index in [0.717, 1.165) is 40.4 Å². The Morgan fingerprint density at radius 3 is 2.27 bits per heavy atom. The normalized spacial score (nSPS) is 14.3. The maximum Gasteiger partial charge on any atom is 0.416 e. The van der Waals surface area contributed by atoms with Gasteiger partial charge in [-0.25, -0.2) is 4.90 Å². The fraction of sp³-hybridized carbons (Fsp3) is 0.0833. The van der Waals surface area contributed by atoms with Crippen LogP contribution in [0.4, 0.5) is 24.5 Å². The highest BCUT2D eigenvalue weighted by Gasteiger charge is 2.41. The monoisotopic (exact) mass is 488 g/mol. The average Bonchev–Trinajstić information content (AvgIpc) is 2.99. The van der Waals surface area contributed by atoms with Crippen LogP contribution in [0.1, 0.15) is 11.1 Å². The lowest BCUT2D eigenvalue weighted by Gasteiger charge is -2.17. The molecule has 168 valence electrons. The topological polar surface area (TPSA) is 49.4 Å². The number of imide groups is 1. The van der Waals surface area contributed by atoms with Crippen LogP contribution in [0.5, 0.6) is 0 Å². The van der Waals surface area contributed by atoms with Gasteiger partial charge in [-0.2, -0.15) is 13.2 Å². The molecular formula is C24H16ClF3N2O2S. The van der Waals surface area contributed by atoms with Crippen molar-refractivity contribution < 1.29 is 22.8 Å². The highest BCUT2D eigenvalue weighted by atomic mass is 35.5. The minimum absolute atomic E-state index is 0.0111. The van der Waals surface area contributed by atoms with Crippen LogP contribution in [0.3, 0.4) is 0 Å². The van der Waals surface area contributed by atoms with Gasteiger partial charge in [0.1, 0.15) is 10.6 Å². The maximum atomic E-state index is 13.3. The molecule has 0 unspecified atom stereocenters. The second-order valence-corrected chi connectivity index (χ2v) is 8.77. The van der Waals surface area contributed by atoms with Crippen LogP contribution in [-0.4, -0.2) is 11.8 Å². The van der Waals surface area contributed by atoms with Crippen LogP contribution < -0.4 is 10.2 Å². The summed E-state index contributed by atoms with van der Waals surface area (Å²) >= 11 is 6.97. The summed E-state index contributed by atoms with van der Waals surface area (Å²) in [6.07, 6.45) is -4.61. The molecule has 0 bridgehead atoms. The molecule has 1 heterocycles. The molecule has 1 N–H and O–H groups in total. The van der Waals surface area contributed by atoms with Crippen LogP contribution in [-0.2, 0) is 15.8 Å². The second kappa shape index (κ2) is 8.96. The van der Waals surface area contributed by atoms with Gasteiger partial charge in [0.05, 0.1) is 11.3 Å². The molecule has 2 amide bonds. The minimum Gasteiger partial charge on any atom is -0.350 e. The van der Waals surface area contributed by atoms with Crippen molar-refractivity contribution in [1.29, 1.82) is 0 Å². The van der Waals surface area contributed by atoms with Crippen molar-refractivity contribution in [3.63, 3.8) is 0 Å². The molecular weight excluding hydrogens is 473 g/mol. The summed E-state index contributed by atoms with van der Waals surface area (Å²) in [5.41, 5.74) is 0.385. The quantitative estimate of drug-likeness (QED) is 0.408. The number of halogens is 4. The van der Waals surface area contributed by atoms with Gasteiger partial charge in [0, 0.05) is 15.6 Å². The Morgan fingerprint density at radius 1 is 0.909 bits per heavy atom. The Bertz CT molecular complexity index is 1270. The molecule has 0 saturated heterocycles. The first-order chi connectivity index (χ1) is 15.6. The van der Waals surface area contributed by atoms with E-state index in [9.17, 15) is 22.8 Å². The summed E-state index contributed by atoms with van der Waals surface area (Å²) in [4.78, 5) is 28.1. The summed E-state index contributed by atoms with van der Waals surface area (Å²) in [5.74, 6) is -1.45. The molecule has 4 rings (SSSR count). The highest BCUT2D eigenvalue weighted by Crippen LogP contribution is 2.39. The molecule has 0 aromatic heterocycles. The van der Waals surface area contributed by atoms with E-state index in [4.69, 9.17) is 11.6 Å². The molecule has 4 nitrogen and oxygen atoms in total. The number of nitrogens with one attached hydrogen (secondary N) is 1. The molecule has 0 radical (unpaired) electrons. The zero-order chi connectivity index (χ0) is 23.8. The predicted molar refractivity (Wildman–Crippen MR) is 123 cm³/mol. The smallest absolute Gasteiger partial charge is 0.350 e. The zero-order valence-electron chi connectivity index (χ0n) is 17.1. The molecule has 9 heteroatoms. The number of hydrogen-bond donors (Lipinski definition) is 1. The molecule has 0 aliphatic carbocycles. The van der Waals surface area contributed by atoms with E-state index >= 15 is 0 Å². The van der Waals surface area contributed by atoms with Crippen molar-refractivity contribution in [2.45, 2.75) is 18.0 Å². The number of aryl methyl sites for hydroxylation is 1. The molecule has 0 saturated carbocycles. The summed E-state index contributed by atoms with van der Waals surface area (Å²) in [5, 5.41) is 3.49. The van der Waals surface area contributed by atoms with E-state index in [1.807, 2.05) is 13.0 Å². The first-order valence-corrected chi connectivity index (χ1v) is 10.9. The molecule has 33 heavy (non-hydrogen) atoms. The van der Waals surface area contributed by atoms with E-state index < -0.39 is 23.6 Å². The maximum absolute atomic E-state index is 13.3. The number of benzene rings is 3. The van der Waals surface area contributed by atoms with Crippen LogP contribution in [0, 0.1) is 6.92 Å². The lowest BCUT2D eigenvalue weighted by atomic mass is 10.2. The van der Waals surface area contributed by atoms with Gasteiger partial charge in [-0.1, -0.05) is 41.6 Å². The van der Waals surface area contributed by atoms with E-state index in [0.29, 0.717) is 15.6 Å². The third-order valence-corrected chi connectivity index (χ3v) is 6.14. The number of amides is 2. The first kappa shape index (κ1) is 22.9. The van der Waals surface area contributed by atoms with Gasteiger partial charge in [-0.05, 0) is 67.1 Å². The third kappa shape index (κ3) is 4.91. The number of nitrogens with zero attached hydrogens (tertiary/aromatic N) is 1. The molecule has 0 spiro atoms. The molecule has 0 fully saturated rings. The standard InChI is InChI=1S/C24H16ClF3N2O2S/c1-14-4-2-6-17(12-14)29-20-21(33-19-10-8-16(25)9-11-19)23(32)30(22(20)31)18-7-3-5-15(13-18)24(26,27)28/h2-13,29H,1H3. The Kier molecular flexibility index (Phi) is 6.23. The summed E-state index contributed by atoms with van der Waals surface area (Å²) in [7, 11) is 0.